The molecule has 0 spiro atoms. The maximum atomic E-state index is 2.52. The second-order valence-corrected chi connectivity index (χ2v) is 18.4. The summed E-state index contributed by atoms with van der Waals surface area (Å²) < 4.78 is 2.38. The number of fused-ring (bicyclic) bond motifs is 7. The Kier molecular flexibility index (Phi) is 9.46. The molecular formula is C64H49N. The molecule has 0 bridgehead atoms. The molecule has 0 amide bonds. The lowest BCUT2D eigenvalue weighted by molar-refractivity contribution is 0.654. The van der Waals surface area contributed by atoms with Crippen LogP contribution in [0.4, 0.5) is 0 Å². The number of benzene rings is 10. The van der Waals surface area contributed by atoms with Crippen LogP contribution in [0.2, 0.25) is 0 Å². The summed E-state index contributed by atoms with van der Waals surface area (Å²) in [6.07, 6.45) is 2.00. The van der Waals surface area contributed by atoms with Gasteiger partial charge >= 0.3 is 0 Å². The fourth-order valence-corrected chi connectivity index (χ4v) is 11.0. The van der Waals surface area contributed by atoms with E-state index < -0.39 is 0 Å². The first kappa shape index (κ1) is 38.9. The Morgan fingerprint density at radius 2 is 0.908 bits per heavy atom. The van der Waals surface area contributed by atoms with Crippen molar-refractivity contribution in [2.45, 2.75) is 38.0 Å². The lowest BCUT2D eigenvalue weighted by Gasteiger charge is -2.24. The van der Waals surface area contributed by atoms with Gasteiger partial charge in [0.25, 0.3) is 0 Å². The van der Waals surface area contributed by atoms with Gasteiger partial charge in [-0.2, -0.15) is 0 Å². The van der Waals surface area contributed by atoms with Crippen LogP contribution in [-0.4, -0.2) is 4.57 Å². The van der Waals surface area contributed by atoms with Crippen LogP contribution in [0.3, 0.4) is 0 Å². The van der Waals surface area contributed by atoms with Crippen molar-refractivity contribution >= 4 is 32.6 Å². The van der Waals surface area contributed by atoms with Crippen LogP contribution in [0.5, 0.6) is 0 Å². The summed E-state index contributed by atoms with van der Waals surface area (Å²) in [5, 5.41) is 5.07. The minimum Gasteiger partial charge on any atom is -0.309 e. The van der Waals surface area contributed by atoms with Gasteiger partial charge in [-0.05, 0) is 126 Å². The van der Waals surface area contributed by atoms with Crippen LogP contribution in [-0.2, 0) is 11.8 Å². The SMILES string of the molecule is CC1(C)c2ccccc2-c2ccc(C(CCc3ccc(-c4ccc(-c5ccc6c(c5)c5ccccc5n6-c5ccccc5)c5ccccc45)cc3)c3ccc(-c4ccccc4)cc3)cc21. The van der Waals surface area contributed by atoms with Crippen LogP contribution in [0.15, 0.2) is 231 Å². The van der Waals surface area contributed by atoms with E-state index in [1.165, 1.54) is 111 Å². The minimum atomic E-state index is -0.0420. The van der Waals surface area contributed by atoms with Gasteiger partial charge in [-0.1, -0.05) is 214 Å². The van der Waals surface area contributed by atoms with Crippen LogP contribution in [0.25, 0.3) is 82.8 Å². The molecule has 11 aromatic rings. The zero-order valence-corrected chi connectivity index (χ0v) is 36.9. The molecule has 1 atom stereocenters. The number of rotatable bonds is 9. The molecule has 12 rings (SSSR count). The highest BCUT2D eigenvalue weighted by Crippen LogP contribution is 2.50. The first-order valence-corrected chi connectivity index (χ1v) is 23.1. The van der Waals surface area contributed by atoms with E-state index in [1.54, 1.807) is 0 Å². The van der Waals surface area contributed by atoms with Gasteiger partial charge in [0.1, 0.15) is 0 Å². The Morgan fingerprint density at radius 3 is 1.66 bits per heavy atom. The van der Waals surface area contributed by atoms with Crippen molar-refractivity contribution in [3.63, 3.8) is 0 Å². The van der Waals surface area contributed by atoms with Crippen molar-refractivity contribution in [1.82, 2.24) is 4.57 Å². The van der Waals surface area contributed by atoms with Crippen molar-refractivity contribution in [3.8, 4) is 50.2 Å². The van der Waals surface area contributed by atoms with E-state index in [-0.39, 0.29) is 11.3 Å². The van der Waals surface area contributed by atoms with Crippen LogP contribution in [0.1, 0.15) is 54.0 Å². The molecule has 0 radical (unpaired) electrons. The third-order valence-corrected chi connectivity index (χ3v) is 14.3. The first-order chi connectivity index (χ1) is 32.0. The fraction of sp³-hybridized carbons (Fsp3) is 0.0938. The van der Waals surface area contributed by atoms with Crippen molar-refractivity contribution < 1.29 is 0 Å². The van der Waals surface area contributed by atoms with Crippen molar-refractivity contribution in [3.05, 3.63) is 258 Å². The van der Waals surface area contributed by atoms with Gasteiger partial charge in [-0.3, -0.25) is 0 Å². The molecule has 0 aliphatic heterocycles. The molecule has 0 N–H and O–H groups in total. The molecule has 1 aliphatic carbocycles. The second-order valence-electron chi connectivity index (χ2n) is 18.4. The quantitative estimate of drug-likeness (QED) is 0.137. The van der Waals surface area contributed by atoms with Gasteiger partial charge in [0, 0.05) is 27.8 Å². The van der Waals surface area contributed by atoms with Crippen molar-refractivity contribution in [1.29, 1.82) is 0 Å². The first-order valence-electron chi connectivity index (χ1n) is 23.1. The summed E-state index contributed by atoms with van der Waals surface area (Å²) in [4.78, 5) is 0. The maximum absolute atomic E-state index is 2.52. The lowest BCUT2D eigenvalue weighted by Crippen LogP contribution is -2.15. The second kappa shape index (κ2) is 15.8. The smallest absolute Gasteiger partial charge is 0.0541 e. The van der Waals surface area contributed by atoms with Gasteiger partial charge in [-0.15, -0.1) is 0 Å². The predicted molar refractivity (Wildman–Crippen MR) is 275 cm³/mol. The molecule has 1 heterocycles. The van der Waals surface area contributed by atoms with Crippen LogP contribution < -0.4 is 0 Å². The standard InChI is InChI=1S/C64H49N/c1-64(2)60-23-13-11-21-56(60)57-37-34-49(42-61(57)64)51(46-32-30-45(31-33-46)44-15-5-3-6-16-44)36-27-43-25-28-47(29-26-43)52-38-39-53(55-20-10-9-19-54(52)55)48-35-40-63-59(41-48)58-22-12-14-24-62(58)65(63)50-17-7-4-8-18-50/h3-26,28-35,37-42,51H,27,36H2,1-2H3. The molecule has 1 unspecified atom stereocenters. The number of hydrogen-bond acceptors (Lipinski definition) is 0. The normalized spacial score (nSPS) is 13.3. The Labute approximate surface area is 381 Å². The molecule has 0 fully saturated rings. The van der Waals surface area contributed by atoms with E-state index in [9.17, 15) is 0 Å². The predicted octanol–water partition coefficient (Wildman–Crippen LogP) is 17.0. The molecule has 0 saturated carbocycles. The van der Waals surface area contributed by atoms with E-state index >= 15 is 0 Å². The molecule has 65 heavy (non-hydrogen) atoms. The third kappa shape index (κ3) is 6.70. The molecule has 1 nitrogen and oxygen atoms in total. The summed E-state index contributed by atoms with van der Waals surface area (Å²) in [5.74, 6) is 0.259. The van der Waals surface area contributed by atoms with E-state index in [2.05, 4.69) is 249 Å². The summed E-state index contributed by atoms with van der Waals surface area (Å²) >= 11 is 0. The van der Waals surface area contributed by atoms with Gasteiger partial charge in [0.05, 0.1) is 11.0 Å². The summed E-state index contributed by atoms with van der Waals surface area (Å²) in [7, 11) is 0. The topological polar surface area (TPSA) is 4.93 Å². The Balaban J connectivity index is 0.857. The average Bonchev–Trinajstić information content (AvgIpc) is 3.82. The molecule has 10 aromatic carbocycles. The summed E-state index contributed by atoms with van der Waals surface area (Å²) in [6, 6.07) is 85.7. The van der Waals surface area contributed by atoms with E-state index in [0.29, 0.717) is 0 Å². The van der Waals surface area contributed by atoms with Gasteiger partial charge in [0.15, 0.2) is 0 Å². The summed E-state index contributed by atoms with van der Waals surface area (Å²) in [6.45, 7) is 4.77. The van der Waals surface area contributed by atoms with Crippen LogP contribution in [0, 0.1) is 0 Å². The third-order valence-electron chi connectivity index (χ3n) is 14.3. The molecule has 1 aromatic heterocycles. The maximum Gasteiger partial charge on any atom is 0.0541 e. The van der Waals surface area contributed by atoms with E-state index in [0.717, 1.165) is 12.8 Å². The molecule has 310 valence electrons. The zero-order chi connectivity index (χ0) is 43.5. The molecular weight excluding hydrogens is 783 g/mol. The Bertz CT molecular complexity index is 3540. The average molecular weight is 832 g/mol. The number of hydrogen-bond donors (Lipinski definition) is 0. The lowest BCUT2D eigenvalue weighted by atomic mass is 9.79. The van der Waals surface area contributed by atoms with Crippen molar-refractivity contribution in [2.24, 2.45) is 0 Å². The number of aromatic nitrogens is 1. The Morgan fingerprint density at radius 1 is 0.369 bits per heavy atom. The number of aryl methyl sites for hydroxylation is 1. The highest BCUT2D eigenvalue weighted by atomic mass is 15.0. The van der Waals surface area contributed by atoms with Gasteiger partial charge < -0.3 is 4.57 Å². The van der Waals surface area contributed by atoms with Gasteiger partial charge in [-0.25, -0.2) is 0 Å². The largest absolute Gasteiger partial charge is 0.309 e. The van der Waals surface area contributed by atoms with Crippen molar-refractivity contribution in [2.75, 3.05) is 0 Å². The van der Waals surface area contributed by atoms with Crippen LogP contribution >= 0.6 is 0 Å². The molecule has 1 heteroatoms. The highest BCUT2D eigenvalue weighted by molar-refractivity contribution is 6.12. The summed E-state index contributed by atoms with van der Waals surface area (Å²) in [5.41, 5.74) is 20.8. The molecule has 1 aliphatic rings. The molecule has 0 saturated heterocycles. The van der Waals surface area contributed by atoms with E-state index in [1.807, 2.05) is 0 Å². The van der Waals surface area contributed by atoms with E-state index in [4.69, 9.17) is 0 Å². The minimum absolute atomic E-state index is 0.0420. The monoisotopic (exact) mass is 831 g/mol. The number of nitrogens with zero attached hydrogens (tertiary/aromatic N) is 1. The van der Waals surface area contributed by atoms with Gasteiger partial charge in [0.2, 0.25) is 0 Å². The Hall–Kier alpha value is -7.74. The number of para-hydroxylation sites is 2. The fourth-order valence-electron chi connectivity index (χ4n) is 11.0. The highest BCUT2D eigenvalue weighted by Gasteiger charge is 2.35. The zero-order valence-electron chi connectivity index (χ0n) is 36.9.